The van der Waals surface area contributed by atoms with E-state index in [1.807, 2.05) is 13.8 Å². The SMILES string of the molecule is CCOc1cc(C2/C(=C(\O)c3ccc(OCC(C)C)cc3)C(=O)C(=O)N2CCCOC)ccc1O. The van der Waals surface area contributed by atoms with E-state index in [0.717, 1.165) is 0 Å². The molecule has 0 radical (unpaired) electrons. The molecule has 1 heterocycles. The normalized spacial score (nSPS) is 17.3. The van der Waals surface area contributed by atoms with Gasteiger partial charge in [0.25, 0.3) is 11.7 Å². The first-order valence-electron chi connectivity index (χ1n) is 11.7. The number of hydrogen-bond acceptors (Lipinski definition) is 7. The van der Waals surface area contributed by atoms with Gasteiger partial charge in [-0.25, -0.2) is 0 Å². The van der Waals surface area contributed by atoms with E-state index in [1.54, 1.807) is 50.4 Å². The minimum absolute atomic E-state index is 0.0172. The van der Waals surface area contributed by atoms with Gasteiger partial charge in [0.2, 0.25) is 0 Å². The number of rotatable bonds is 11. The second-order valence-electron chi connectivity index (χ2n) is 8.73. The van der Waals surface area contributed by atoms with Crippen molar-refractivity contribution in [1.29, 1.82) is 0 Å². The number of aliphatic hydroxyl groups excluding tert-OH is 1. The lowest BCUT2D eigenvalue weighted by molar-refractivity contribution is -0.140. The number of Topliss-reactive ketones (excluding diaryl/α,β-unsaturated/α-hetero) is 1. The molecule has 1 saturated heterocycles. The topological polar surface area (TPSA) is 106 Å². The Hall–Kier alpha value is -3.52. The van der Waals surface area contributed by atoms with Crippen LogP contribution in [-0.4, -0.2) is 60.3 Å². The van der Waals surface area contributed by atoms with Crippen molar-refractivity contribution < 1.29 is 34.0 Å². The maximum atomic E-state index is 13.1. The summed E-state index contributed by atoms with van der Waals surface area (Å²) in [4.78, 5) is 27.5. The maximum absolute atomic E-state index is 13.1. The largest absolute Gasteiger partial charge is 0.507 e. The molecule has 1 amide bonds. The highest BCUT2D eigenvalue weighted by molar-refractivity contribution is 6.46. The van der Waals surface area contributed by atoms with Gasteiger partial charge in [-0.05, 0) is 61.2 Å². The smallest absolute Gasteiger partial charge is 0.295 e. The van der Waals surface area contributed by atoms with E-state index in [2.05, 4.69) is 0 Å². The summed E-state index contributed by atoms with van der Waals surface area (Å²) in [5.74, 6) is -0.547. The van der Waals surface area contributed by atoms with Gasteiger partial charge in [-0.15, -0.1) is 0 Å². The monoisotopic (exact) mass is 483 g/mol. The van der Waals surface area contributed by atoms with Gasteiger partial charge in [0.05, 0.1) is 24.8 Å². The molecule has 1 aliphatic heterocycles. The number of methoxy groups -OCH3 is 1. The summed E-state index contributed by atoms with van der Waals surface area (Å²) in [6, 6.07) is 10.6. The van der Waals surface area contributed by atoms with Crippen LogP contribution in [0.2, 0.25) is 0 Å². The Bertz CT molecular complexity index is 1080. The summed E-state index contributed by atoms with van der Waals surface area (Å²) in [5.41, 5.74) is 0.920. The Morgan fingerprint density at radius 1 is 1.09 bits per heavy atom. The van der Waals surface area contributed by atoms with Gasteiger partial charge in [-0.2, -0.15) is 0 Å². The molecule has 8 nitrogen and oxygen atoms in total. The van der Waals surface area contributed by atoms with Crippen LogP contribution in [0.5, 0.6) is 17.2 Å². The number of carbonyl (C=O) groups excluding carboxylic acids is 2. The van der Waals surface area contributed by atoms with Gasteiger partial charge in [-0.3, -0.25) is 9.59 Å². The summed E-state index contributed by atoms with van der Waals surface area (Å²) in [6.45, 7) is 7.44. The number of hydrogen-bond donors (Lipinski definition) is 2. The summed E-state index contributed by atoms with van der Waals surface area (Å²) in [5, 5.41) is 21.3. The van der Waals surface area contributed by atoms with Crippen molar-refractivity contribution in [2.75, 3.05) is 33.5 Å². The van der Waals surface area contributed by atoms with Crippen LogP contribution >= 0.6 is 0 Å². The lowest BCUT2D eigenvalue weighted by Gasteiger charge is -2.25. The zero-order valence-corrected chi connectivity index (χ0v) is 20.6. The predicted octanol–water partition coefficient (Wildman–Crippen LogP) is 4.28. The van der Waals surface area contributed by atoms with Crippen LogP contribution in [-0.2, 0) is 14.3 Å². The van der Waals surface area contributed by atoms with Gasteiger partial charge in [-0.1, -0.05) is 19.9 Å². The molecule has 0 spiro atoms. The minimum atomic E-state index is -0.844. The maximum Gasteiger partial charge on any atom is 0.295 e. The number of aliphatic hydroxyl groups is 1. The Balaban J connectivity index is 2.06. The van der Waals surface area contributed by atoms with Crippen LogP contribution in [0.25, 0.3) is 5.76 Å². The Labute approximate surface area is 205 Å². The summed E-state index contributed by atoms with van der Waals surface area (Å²) >= 11 is 0. The fraction of sp³-hybridized carbons (Fsp3) is 0.407. The Morgan fingerprint density at radius 3 is 2.43 bits per heavy atom. The van der Waals surface area contributed by atoms with Crippen molar-refractivity contribution in [3.05, 3.63) is 59.2 Å². The van der Waals surface area contributed by atoms with Crippen molar-refractivity contribution in [3.63, 3.8) is 0 Å². The van der Waals surface area contributed by atoms with Crippen LogP contribution in [0.3, 0.4) is 0 Å². The summed E-state index contributed by atoms with van der Waals surface area (Å²) in [6.07, 6.45) is 0.512. The van der Waals surface area contributed by atoms with Gasteiger partial charge >= 0.3 is 0 Å². The molecule has 1 fully saturated rings. The predicted molar refractivity (Wildman–Crippen MR) is 132 cm³/mol. The Kier molecular flexibility index (Phi) is 8.76. The summed E-state index contributed by atoms with van der Waals surface area (Å²) < 4.78 is 16.3. The van der Waals surface area contributed by atoms with Gasteiger partial charge in [0.1, 0.15) is 11.5 Å². The van der Waals surface area contributed by atoms with Crippen LogP contribution < -0.4 is 9.47 Å². The number of amides is 1. The van der Waals surface area contributed by atoms with Crippen LogP contribution in [0.1, 0.15) is 44.4 Å². The van der Waals surface area contributed by atoms with E-state index in [0.29, 0.717) is 49.0 Å². The van der Waals surface area contributed by atoms with Crippen LogP contribution in [0, 0.1) is 5.92 Å². The molecule has 0 aliphatic carbocycles. The summed E-state index contributed by atoms with van der Waals surface area (Å²) in [7, 11) is 1.56. The molecule has 2 aromatic carbocycles. The quantitative estimate of drug-likeness (QED) is 0.213. The molecule has 188 valence electrons. The molecule has 1 atom stereocenters. The van der Waals surface area contributed by atoms with Crippen molar-refractivity contribution in [1.82, 2.24) is 4.90 Å². The molecule has 0 bridgehead atoms. The van der Waals surface area contributed by atoms with Gasteiger partial charge in [0, 0.05) is 25.8 Å². The van der Waals surface area contributed by atoms with E-state index < -0.39 is 17.7 Å². The lowest BCUT2D eigenvalue weighted by Crippen LogP contribution is -2.31. The third-order valence-corrected chi connectivity index (χ3v) is 5.60. The first-order chi connectivity index (χ1) is 16.8. The number of carbonyl (C=O) groups is 2. The number of aromatic hydroxyl groups is 1. The fourth-order valence-corrected chi connectivity index (χ4v) is 3.94. The molecule has 3 rings (SSSR count). The molecular weight excluding hydrogens is 450 g/mol. The fourth-order valence-electron chi connectivity index (χ4n) is 3.94. The Morgan fingerprint density at radius 2 is 1.80 bits per heavy atom. The van der Waals surface area contributed by atoms with E-state index in [1.165, 1.54) is 11.0 Å². The molecule has 35 heavy (non-hydrogen) atoms. The van der Waals surface area contributed by atoms with E-state index >= 15 is 0 Å². The highest BCUT2D eigenvalue weighted by atomic mass is 16.5. The molecule has 2 N–H and O–H groups in total. The molecule has 1 unspecified atom stereocenters. The number of likely N-dealkylation sites (tertiary alicyclic amines) is 1. The van der Waals surface area contributed by atoms with Crippen molar-refractivity contribution >= 4 is 17.4 Å². The van der Waals surface area contributed by atoms with Crippen LogP contribution in [0.15, 0.2) is 48.0 Å². The average Bonchev–Trinajstić information content (AvgIpc) is 3.09. The molecule has 0 aromatic heterocycles. The molecular formula is C27H33NO7. The van der Waals surface area contributed by atoms with Gasteiger partial charge in [0.15, 0.2) is 11.5 Å². The van der Waals surface area contributed by atoms with E-state index in [-0.39, 0.29) is 29.4 Å². The third-order valence-electron chi connectivity index (χ3n) is 5.60. The number of phenolic OH excluding ortho intramolecular Hbond substituents is 1. The second-order valence-corrected chi connectivity index (χ2v) is 8.73. The van der Waals surface area contributed by atoms with E-state index in [4.69, 9.17) is 14.2 Å². The standard InChI is InChI=1S/C27H33NO7/c1-5-34-22-15-19(9-12-21(22)29)24-23(26(31)27(32)28(24)13-6-14-33-4)25(30)18-7-10-20(11-8-18)35-16-17(2)3/h7-12,15,17,24,29-30H,5-6,13-14,16H2,1-4H3/b25-23+. The number of benzene rings is 2. The number of ether oxygens (including phenoxy) is 3. The number of phenols is 1. The first-order valence-corrected chi connectivity index (χ1v) is 11.7. The molecule has 1 aliphatic rings. The number of nitrogens with zero attached hydrogens (tertiary/aromatic N) is 1. The van der Waals surface area contributed by atoms with Crippen LogP contribution in [0.4, 0.5) is 0 Å². The first kappa shape index (κ1) is 26.1. The van der Waals surface area contributed by atoms with Crippen molar-refractivity contribution in [2.24, 2.45) is 5.92 Å². The van der Waals surface area contributed by atoms with Crippen molar-refractivity contribution in [2.45, 2.75) is 33.2 Å². The van der Waals surface area contributed by atoms with E-state index in [9.17, 15) is 19.8 Å². The minimum Gasteiger partial charge on any atom is -0.507 e. The lowest BCUT2D eigenvalue weighted by atomic mass is 9.95. The zero-order valence-electron chi connectivity index (χ0n) is 20.6. The van der Waals surface area contributed by atoms with Crippen molar-refractivity contribution in [3.8, 4) is 17.2 Å². The average molecular weight is 484 g/mol. The highest BCUT2D eigenvalue weighted by Crippen LogP contribution is 2.42. The molecule has 0 saturated carbocycles. The highest BCUT2D eigenvalue weighted by Gasteiger charge is 2.46. The molecule has 8 heteroatoms. The van der Waals surface area contributed by atoms with Gasteiger partial charge < -0.3 is 29.3 Å². The second kappa shape index (κ2) is 11.8. The zero-order chi connectivity index (χ0) is 25.5. The third kappa shape index (κ3) is 5.95. The number of ketones is 1. The molecule has 2 aromatic rings.